The van der Waals surface area contributed by atoms with Gasteiger partial charge in [0, 0.05) is 13.3 Å². The molecule has 0 aromatic rings. The van der Waals surface area contributed by atoms with Crippen molar-refractivity contribution in [1.82, 2.24) is 0 Å². The van der Waals surface area contributed by atoms with E-state index in [1.165, 1.54) is 0 Å². The predicted octanol–water partition coefficient (Wildman–Crippen LogP) is -0.165. The van der Waals surface area contributed by atoms with Crippen molar-refractivity contribution in [3.63, 3.8) is 0 Å². The fraction of sp³-hybridized carbons (Fsp3) is 0.600. The first-order chi connectivity index (χ1) is 3.83. The molecular weight excluding hydrogens is 106 g/mol. The molecular formula is C5H7NO2. The molecule has 3 heteroatoms. The SMILES string of the molecule is [CH]C1CC(CO)=NO1. The van der Waals surface area contributed by atoms with Gasteiger partial charge in [-0.2, -0.15) is 0 Å². The average Bonchev–Trinajstić information content (AvgIpc) is 2.14. The molecule has 1 N–H and O–H groups in total. The standard InChI is InChI=1S/C5H7NO2/c1-4-2-5(3-7)6-8-4/h1,4,7H,2-3H2. The summed E-state index contributed by atoms with van der Waals surface area (Å²) < 4.78 is 0. The molecule has 1 rings (SSSR count). The van der Waals surface area contributed by atoms with Crippen molar-refractivity contribution in [3.8, 4) is 0 Å². The molecule has 0 saturated carbocycles. The van der Waals surface area contributed by atoms with E-state index >= 15 is 0 Å². The summed E-state index contributed by atoms with van der Waals surface area (Å²) in [6, 6.07) is 0. The average molecular weight is 113 g/mol. The van der Waals surface area contributed by atoms with Crippen LogP contribution in [-0.4, -0.2) is 23.5 Å². The van der Waals surface area contributed by atoms with Gasteiger partial charge in [0.15, 0.2) is 0 Å². The van der Waals surface area contributed by atoms with Crippen molar-refractivity contribution in [3.05, 3.63) is 6.92 Å². The van der Waals surface area contributed by atoms with E-state index in [0.717, 1.165) is 0 Å². The van der Waals surface area contributed by atoms with Gasteiger partial charge >= 0.3 is 0 Å². The Balaban J connectivity index is 2.37. The monoisotopic (exact) mass is 113 g/mol. The van der Waals surface area contributed by atoms with Gasteiger partial charge in [-0.25, -0.2) is 0 Å². The third kappa shape index (κ3) is 0.980. The van der Waals surface area contributed by atoms with E-state index in [1.807, 2.05) is 0 Å². The molecule has 0 amide bonds. The van der Waals surface area contributed by atoms with Crippen LogP contribution in [0.2, 0.25) is 0 Å². The van der Waals surface area contributed by atoms with Crippen molar-refractivity contribution in [2.75, 3.05) is 6.61 Å². The molecule has 1 heterocycles. The summed E-state index contributed by atoms with van der Waals surface area (Å²) in [4.78, 5) is 4.56. The molecule has 1 unspecified atom stereocenters. The number of hydrogen-bond acceptors (Lipinski definition) is 3. The van der Waals surface area contributed by atoms with Crippen LogP contribution >= 0.6 is 0 Å². The molecule has 8 heavy (non-hydrogen) atoms. The van der Waals surface area contributed by atoms with E-state index in [0.29, 0.717) is 12.1 Å². The maximum atomic E-state index is 8.42. The molecule has 0 aromatic heterocycles. The van der Waals surface area contributed by atoms with Crippen LogP contribution in [0.4, 0.5) is 0 Å². The first kappa shape index (κ1) is 5.56. The van der Waals surface area contributed by atoms with Crippen LogP contribution in [-0.2, 0) is 4.84 Å². The van der Waals surface area contributed by atoms with E-state index in [1.54, 1.807) is 0 Å². The van der Waals surface area contributed by atoms with Gasteiger partial charge in [0.25, 0.3) is 0 Å². The molecule has 44 valence electrons. The molecule has 0 fully saturated rings. The second-order valence-corrected chi connectivity index (χ2v) is 1.66. The second-order valence-electron chi connectivity index (χ2n) is 1.66. The van der Waals surface area contributed by atoms with Gasteiger partial charge in [-0.3, -0.25) is 0 Å². The lowest BCUT2D eigenvalue weighted by Gasteiger charge is -1.93. The molecule has 0 saturated heterocycles. The van der Waals surface area contributed by atoms with E-state index in [9.17, 15) is 0 Å². The highest BCUT2D eigenvalue weighted by atomic mass is 16.6. The van der Waals surface area contributed by atoms with Crippen LogP contribution in [0.25, 0.3) is 0 Å². The number of aliphatic hydroxyl groups is 1. The molecule has 0 aliphatic carbocycles. The highest BCUT2D eigenvalue weighted by Gasteiger charge is 2.14. The summed E-state index contributed by atoms with van der Waals surface area (Å²) in [6.45, 7) is 5.20. The first-order valence-corrected chi connectivity index (χ1v) is 2.41. The van der Waals surface area contributed by atoms with Gasteiger partial charge in [-0.05, 0) is 0 Å². The summed E-state index contributed by atoms with van der Waals surface area (Å²) >= 11 is 0. The fourth-order valence-corrected chi connectivity index (χ4v) is 0.542. The molecule has 0 spiro atoms. The van der Waals surface area contributed by atoms with Gasteiger partial charge in [0.1, 0.15) is 6.10 Å². The van der Waals surface area contributed by atoms with Gasteiger partial charge in [0.2, 0.25) is 0 Å². The lowest BCUT2D eigenvalue weighted by molar-refractivity contribution is 0.118. The Kier molecular flexibility index (Phi) is 1.48. The number of rotatable bonds is 1. The lowest BCUT2D eigenvalue weighted by atomic mass is 10.2. The first-order valence-electron chi connectivity index (χ1n) is 2.41. The minimum absolute atomic E-state index is 0.0479. The van der Waals surface area contributed by atoms with Crippen molar-refractivity contribution in [2.45, 2.75) is 12.5 Å². The van der Waals surface area contributed by atoms with E-state index < -0.39 is 0 Å². The normalized spacial score (nSPS) is 27.2. The number of aliphatic hydroxyl groups excluding tert-OH is 1. The van der Waals surface area contributed by atoms with Crippen LogP contribution < -0.4 is 0 Å². The Morgan fingerprint density at radius 2 is 2.75 bits per heavy atom. The van der Waals surface area contributed by atoms with Gasteiger partial charge in [-0.15, -0.1) is 0 Å². The van der Waals surface area contributed by atoms with E-state index in [4.69, 9.17) is 12.0 Å². The smallest absolute Gasteiger partial charge is 0.136 e. The molecule has 1 aliphatic rings. The summed E-state index contributed by atoms with van der Waals surface area (Å²) in [5.74, 6) is 0. The van der Waals surface area contributed by atoms with Crippen LogP contribution in [0.1, 0.15) is 6.42 Å². The summed E-state index contributed by atoms with van der Waals surface area (Å²) in [6.07, 6.45) is 0.216. The van der Waals surface area contributed by atoms with Crippen LogP contribution in [0, 0.1) is 6.92 Å². The molecule has 1 atom stereocenters. The molecule has 0 bridgehead atoms. The minimum atomic E-state index is -0.336. The van der Waals surface area contributed by atoms with Crippen molar-refractivity contribution in [2.24, 2.45) is 5.16 Å². The second kappa shape index (κ2) is 2.13. The Hall–Kier alpha value is -0.570. The Morgan fingerprint density at radius 1 is 2.00 bits per heavy atom. The van der Waals surface area contributed by atoms with Crippen LogP contribution in [0.5, 0.6) is 0 Å². The van der Waals surface area contributed by atoms with Gasteiger partial charge in [-0.1, -0.05) is 5.16 Å². The maximum Gasteiger partial charge on any atom is 0.136 e. The predicted molar refractivity (Wildman–Crippen MR) is 28.3 cm³/mol. The molecule has 0 aromatic carbocycles. The van der Waals surface area contributed by atoms with Crippen LogP contribution in [0.3, 0.4) is 0 Å². The van der Waals surface area contributed by atoms with Crippen LogP contribution in [0.15, 0.2) is 5.16 Å². The molecule has 2 radical (unpaired) electrons. The number of nitrogens with zero attached hydrogens (tertiary/aromatic N) is 1. The summed E-state index contributed by atoms with van der Waals surface area (Å²) in [5.41, 5.74) is 0.623. The Bertz CT molecular complexity index is 111. The summed E-state index contributed by atoms with van der Waals surface area (Å²) in [7, 11) is 0. The third-order valence-corrected chi connectivity index (χ3v) is 0.937. The Morgan fingerprint density at radius 3 is 3.00 bits per heavy atom. The maximum absolute atomic E-state index is 8.42. The third-order valence-electron chi connectivity index (χ3n) is 0.937. The zero-order valence-electron chi connectivity index (χ0n) is 4.37. The van der Waals surface area contributed by atoms with E-state index in [2.05, 4.69) is 9.99 Å². The molecule has 1 aliphatic heterocycles. The zero-order chi connectivity index (χ0) is 5.98. The number of hydrogen-bond donors (Lipinski definition) is 1. The quantitative estimate of drug-likeness (QED) is 0.513. The highest BCUT2D eigenvalue weighted by Crippen LogP contribution is 2.07. The highest BCUT2D eigenvalue weighted by molar-refractivity contribution is 5.86. The Labute approximate surface area is 48.0 Å². The fourth-order valence-electron chi connectivity index (χ4n) is 0.542. The minimum Gasteiger partial charge on any atom is -0.392 e. The van der Waals surface area contributed by atoms with Crippen molar-refractivity contribution < 1.29 is 9.94 Å². The van der Waals surface area contributed by atoms with Crippen molar-refractivity contribution in [1.29, 1.82) is 0 Å². The van der Waals surface area contributed by atoms with Gasteiger partial charge < -0.3 is 9.94 Å². The largest absolute Gasteiger partial charge is 0.392 e. The topological polar surface area (TPSA) is 41.8 Å². The van der Waals surface area contributed by atoms with Crippen molar-refractivity contribution >= 4 is 5.71 Å². The number of oxime groups is 1. The van der Waals surface area contributed by atoms with Gasteiger partial charge in [0.05, 0.1) is 12.3 Å². The lowest BCUT2D eigenvalue weighted by Crippen LogP contribution is -2.05. The van der Waals surface area contributed by atoms with E-state index in [-0.39, 0.29) is 12.7 Å². The summed E-state index contributed by atoms with van der Waals surface area (Å²) in [5, 5.41) is 11.9. The molecule has 3 nitrogen and oxygen atoms in total. The zero-order valence-corrected chi connectivity index (χ0v) is 4.37.